The molecule has 0 aliphatic carbocycles. The van der Waals surface area contributed by atoms with Crippen LogP contribution in [0.15, 0.2) is 29.4 Å². The number of hydrogen-bond acceptors (Lipinski definition) is 3. The van der Waals surface area contributed by atoms with Gasteiger partial charge in [0.1, 0.15) is 6.61 Å². The fourth-order valence-corrected chi connectivity index (χ4v) is 2.79. The van der Waals surface area contributed by atoms with Crippen molar-refractivity contribution in [2.45, 2.75) is 13.5 Å². The molecule has 0 atom stereocenters. The number of nitrogens with zero attached hydrogens (tertiary/aromatic N) is 2. The zero-order chi connectivity index (χ0) is 17.4. The fourth-order valence-electron chi connectivity index (χ4n) is 1.87. The zero-order valence-corrected chi connectivity index (χ0v) is 15.3. The van der Waals surface area contributed by atoms with Crippen molar-refractivity contribution < 1.29 is 4.74 Å². The number of guanidine groups is 1. The number of ether oxygens (including phenoxy) is 1. The first-order chi connectivity index (χ1) is 11.6. The number of nitrogens with one attached hydrogen (secondary N) is 3. The molecule has 0 bridgehead atoms. The van der Waals surface area contributed by atoms with Gasteiger partial charge in [0, 0.05) is 17.8 Å². The largest absolute Gasteiger partial charge is 0.489 e. The predicted molar refractivity (Wildman–Crippen MR) is 98.4 cm³/mol. The van der Waals surface area contributed by atoms with Crippen LogP contribution in [0.5, 0.6) is 5.75 Å². The molecular formula is C15H18Cl3N5O. The molecule has 0 aliphatic heterocycles. The lowest BCUT2D eigenvalue weighted by molar-refractivity contribution is 0.322. The minimum absolute atomic E-state index is 0.371. The standard InChI is InChI=1S/C15H18Cl3N5O/c1-2-19-15(21-9-11-3-4-22-23-11)20-5-6-24-14-12(17)7-10(16)8-13(14)18/h3-4,7-8H,2,5-6,9H2,1H3,(H,22,23)(H2,19,20,21). The second-order valence-electron chi connectivity index (χ2n) is 4.75. The van der Waals surface area contributed by atoms with E-state index in [1.54, 1.807) is 18.3 Å². The first-order valence-corrected chi connectivity index (χ1v) is 8.51. The number of rotatable bonds is 7. The summed E-state index contributed by atoms with van der Waals surface area (Å²) in [4.78, 5) is 4.45. The van der Waals surface area contributed by atoms with E-state index in [9.17, 15) is 0 Å². The van der Waals surface area contributed by atoms with Crippen molar-refractivity contribution >= 4 is 40.8 Å². The van der Waals surface area contributed by atoms with Crippen LogP contribution in [-0.2, 0) is 6.54 Å². The van der Waals surface area contributed by atoms with Crippen molar-refractivity contribution in [2.75, 3.05) is 19.7 Å². The number of aliphatic imine (C=N–C) groups is 1. The summed E-state index contributed by atoms with van der Waals surface area (Å²) in [5.41, 5.74) is 0.934. The Balaban J connectivity index is 1.83. The summed E-state index contributed by atoms with van der Waals surface area (Å²) in [6.07, 6.45) is 1.69. The highest BCUT2D eigenvalue weighted by Gasteiger charge is 2.09. The van der Waals surface area contributed by atoms with Crippen molar-refractivity contribution in [1.82, 2.24) is 20.8 Å². The van der Waals surface area contributed by atoms with Crippen molar-refractivity contribution in [3.8, 4) is 5.75 Å². The predicted octanol–water partition coefficient (Wildman–Crippen LogP) is 3.50. The maximum absolute atomic E-state index is 6.07. The Kier molecular flexibility index (Phi) is 7.49. The highest BCUT2D eigenvalue weighted by atomic mass is 35.5. The molecule has 0 saturated heterocycles. The monoisotopic (exact) mass is 389 g/mol. The molecule has 3 N–H and O–H groups in total. The molecule has 1 aromatic heterocycles. The summed E-state index contributed by atoms with van der Waals surface area (Å²) in [7, 11) is 0. The summed E-state index contributed by atoms with van der Waals surface area (Å²) in [5, 5.41) is 14.3. The lowest BCUT2D eigenvalue weighted by atomic mass is 10.3. The Hall–Kier alpha value is -1.63. The Bertz CT molecular complexity index is 653. The van der Waals surface area contributed by atoms with Gasteiger partial charge in [-0.2, -0.15) is 5.10 Å². The number of benzene rings is 1. The lowest BCUT2D eigenvalue weighted by Crippen LogP contribution is -2.39. The van der Waals surface area contributed by atoms with Crippen molar-refractivity contribution in [3.05, 3.63) is 45.2 Å². The summed E-state index contributed by atoms with van der Waals surface area (Å²) < 4.78 is 5.62. The van der Waals surface area contributed by atoms with E-state index in [0.29, 0.717) is 46.5 Å². The molecule has 0 saturated carbocycles. The van der Waals surface area contributed by atoms with Crippen molar-refractivity contribution in [3.63, 3.8) is 0 Å². The van der Waals surface area contributed by atoms with E-state index < -0.39 is 0 Å². The van der Waals surface area contributed by atoms with Crippen molar-refractivity contribution in [1.29, 1.82) is 0 Å². The van der Waals surface area contributed by atoms with Crippen LogP contribution in [0.1, 0.15) is 12.6 Å². The average Bonchev–Trinajstić information content (AvgIpc) is 3.04. The van der Waals surface area contributed by atoms with E-state index in [0.717, 1.165) is 12.2 Å². The van der Waals surface area contributed by atoms with E-state index in [1.165, 1.54) is 0 Å². The van der Waals surface area contributed by atoms with E-state index in [-0.39, 0.29) is 0 Å². The van der Waals surface area contributed by atoms with E-state index in [2.05, 4.69) is 25.8 Å². The summed E-state index contributed by atoms with van der Waals surface area (Å²) >= 11 is 18.0. The van der Waals surface area contributed by atoms with E-state index >= 15 is 0 Å². The molecule has 24 heavy (non-hydrogen) atoms. The molecule has 0 fully saturated rings. The Morgan fingerprint density at radius 1 is 1.25 bits per heavy atom. The normalized spacial score (nSPS) is 11.4. The molecule has 2 aromatic rings. The van der Waals surface area contributed by atoms with Crippen LogP contribution in [-0.4, -0.2) is 35.9 Å². The second kappa shape index (κ2) is 9.61. The molecule has 0 aliphatic rings. The van der Waals surface area contributed by atoms with Crippen LogP contribution in [0.3, 0.4) is 0 Å². The average molecular weight is 391 g/mol. The molecule has 9 heteroatoms. The highest BCUT2D eigenvalue weighted by molar-refractivity contribution is 6.40. The molecule has 2 rings (SSSR count). The molecule has 0 unspecified atom stereocenters. The van der Waals surface area contributed by atoms with Gasteiger partial charge >= 0.3 is 0 Å². The maximum Gasteiger partial charge on any atom is 0.191 e. The van der Waals surface area contributed by atoms with Gasteiger partial charge < -0.3 is 15.4 Å². The van der Waals surface area contributed by atoms with Gasteiger partial charge in [0.05, 0.1) is 28.8 Å². The summed E-state index contributed by atoms with van der Waals surface area (Å²) in [6, 6.07) is 5.06. The molecule has 0 amide bonds. The van der Waals surface area contributed by atoms with Crippen LogP contribution in [0, 0.1) is 0 Å². The van der Waals surface area contributed by atoms with Gasteiger partial charge in [0.25, 0.3) is 0 Å². The van der Waals surface area contributed by atoms with E-state index in [1.807, 2.05) is 13.0 Å². The third kappa shape index (κ3) is 5.78. The minimum atomic E-state index is 0.371. The van der Waals surface area contributed by atoms with Gasteiger partial charge in [0.2, 0.25) is 0 Å². The maximum atomic E-state index is 6.07. The molecule has 6 nitrogen and oxygen atoms in total. The molecule has 130 valence electrons. The zero-order valence-electron chi connectivity index (χ0n) is 13.1. The topological polar surface area (TPSA) is 74.3 Å². The quantitative estimate of drug-likeness (QED) is 0.384. The van der Waals surface area contributed by atoms with Gasteiger partial charge in [-0.15, -0.1) is 0 Å². The van der Waals surface area contributed by atoms with Gasteiger partial charge in [-0.05, 0) is 25.1 Å². The Morgan fingerprint density at radius 3 is 2.62 bits per heavy atom. The van der Waals surface area contributed by atoms with Gasteiger partial charge in [-0.3, -0.25) is 5.10 Å². The number of hydrogen-bond donors (Lipinski definition) is 3. The first-order valence-electron chi connectivity index (χ1n) is 7.38. The van der Waals surface area contributed by atoms with Crippen LogP contribution >= 0.6 is 34.8 Å². The van der Waals surface area contributed by atoms with Crippen LogP contribution in [0.4, 0.5) is 0 Å². The van der Waals surface area contributed by atoms with Crippen LogP contribution in [0.25, 0.3) is 0 Å². The lowest BCUT2D eigenvalue weighted by Gasteiger charge is -2.13. The molecule has 0 spiro atoms. The van der Waals surface area contributed by atoms with Crippen molar-refractivity contribution in [2.24, 2.45) is 4.99 Å². The minimum Gasteiger partial charge on any atom is -0.489 e. The number of aromatic amines is 1. The number of H-pyrrole nitrogens is 1. The second-order valence-corrected chi connectivity index (χ2v) is 6.00. The number of aromatic nitrogens is 2. The highest BCUT2D eigenvalue weighted by Crippen LogP contribution is 2.35. The summed E-state index contributed by atoms with van der Waals surface area (Å²) in [5.74, 6) is 1.10. The van der Waals surface area contributed by atoms with Gasteiger partial charge in [-0.1, -0.05) is 34.8 Å². The van der Waals surface area contributed by atoms with Gasteiger partial charge in [0.15, 0.2) is 11.7 Å². The molecule has 1 aromatic carbocycles. The van der Waals surface area contributed by atoms with Crippen LogP contribution in [0.2, 0.25) is 15.1 Å². The SMILES string of the molecule is CCNC(=NCc1ccn[nH]1)NCCOc1c(Cl)cc(Cl)cc1Cl. The number of halogens is 3. The third-order valence-corrected chi connectivity index (χ3v) is 3.69. The first kappa shape index (κ1) is 18.7. The fraction of sp³-hybridized carbons (Fsp3) is 0.333. The van der Waals surface area contributed by atoms with Crippen LogP contribution < -0.4 is 15.4 Å². The summed E-state index contributed by atoms with van der Waals surface area (Å²) in [6.45, 7) is 4.16. The Labute approximate surface area is 155 Å². The third-order valence-electron chi connectivity index (χ3n) is 2.91. The molecular weight excluding hydrogens is 373 g/mol. The molecule has 1 heterocycles. The van der Waals surface area contributed by atoms with E-state index in [4.69, 9.17) is 39.5 Å². The Morgan fingerprint density at radius 2 is 2.00 bits per heavy atom. The molecule has 0 radical (unpaired) electrons. The smallest absolute Gasteiger partial charge is 0.191 e. The van der Waals surface area contributed by atoms with Gasteiger partial charge in [-0.25, -0.2) is 4.99 Å².